The van der Waals surface area contributed by atoms with Crippen LogP contribution in [0.3, 0.4) is 0 Å². The van der Waals surface area contributed by atoms with Gasteiger partial charge in [0.2, 0.25) is 0 Å². The van der Waals surface area contributed by atoms with Gasteiger partial charge in [-0.25, -0.2) is 4.79 Å². The Morgan fingerprint density at radius 3 is 2.76 bits per heavy atom. The molecule has 2 atom stereocenters. The average Bonchev–Trinajstić information content (AvgIpc) is 2.79. The molecule has 3 amide bonds. The number of imide groups is 1. The number of nitrogens with zero attached hydrogens (tertiary/aromatic N) is 2. The van der Waals surface area contributed by atoms with E-state index in [0.29, 0.717) is 0 Å². The molecule has 1 aromatic carbocycles. The molecule has 0 radical (unpaired) electrons. The Morgan fingerprint density at radius 2 is 2.12 bits per heavy atom. The SMILES string of the molecule is COc1ccc(C)cc1CN1CCCC(C2(C)NC(=O)N(C)C2=O)C1. The van der Waals surface area contributed by atoms with E-state index >= 15 is 0 Å². The number of hydrogen-bond acceptors (Lipinski definition) is 4. The molecule has 1 aromatic rings. The Bertz CT molecular complexity index is 690. The first kappa shape index (κ1) is 17.7. The molecule has 2 saturated heterocycles. The minimum absolute atomic E-state index is 0.110. The summed E-state index contributed by atoms with van der Waals surface area (Å²) < 4.78 is 5.49. The zero-order chi connectivity index (χ0) is 18.2. The zero-order valence-electron chi connectivity index (χ0n) is 15.5. The Kier molecular flexibility index (Phi) is 4.73. The molecule has 0 bridgehead atoms. The number of aryl methyl sites for hydroxylation is 1. The maximum absolute atomic E-state index is 12.6. The van der Waals surface area contributed by atoms with Crippen LogP contribution in [0.1, 0.15) is 30.9 Å². The summed E-state index contributed by atoms with van der Waals surface area (Å²) in [6, 6.07) is 5.90. The van der Waals surface area contributed by atoms with E-state index in [2.05, 4.69) is 23.2 Å². The van der Waals surface area contributed by atoms with Crippen LogP contribution in [-0.4, -0.2) is 54.5 Å². The van der Waals surface area contributed by atoms with Crippen molar-refractivity contribution in [1.82, 2.24) is 15.1 Å². The minimum Gasteiger partial charge on any atom is -0.496 e. The molecule has 136 valence electrons. The van der Waals surface area contributed by atoms with Crippen molar-refractivity contribution in [2.45, 2.75) is 38.8 Å². The molecule has 2 aliphatic heterocycles. The van der Waals surface area contributed by atoms with Gasteiger partial charge in [-0.15, -0.1) is 0 Å². The van der Waals surface area contributed by atoms with Gasteiger partial charge < -0.3 is 10.1 Å². The van der Waals surface area contributed by atoms with Gasteiger partial charge in [-0.2, -0.15) is 0 Å². The second-order valence-electron chi connectivity index (χ2n) is 7.39. The molecule has 0 aromatic heterocycles. The van der Waals surface area contributed by atoms with Crippen LogP contribution in [-0.2, 0) is 11.3 Å². The second kappa shape index (κ2) is 6.67. The molecule has 3 rings (SSSR count). The third kappa shape index (κ3) is 3.23. The van der Waals surface area contributed by atoms with Crippen LogP contribution >= 0.6 is 0 Å². The van der Waals surface area contributed by atoms with Crippen molar-refractivity contribution in [3.05, 3.63) is 29.3 Å². The van der Waals surface area contributed by atoms with E-state index in [1.807, 2.05) is 19.1 Å². The standard InChI is InChI=1S/C19H27N3O3/c1-13-7-8-16(25-4)14(10-13)11-22-9-5-6-15(12-22)19(2)17(23)21(3)18(24)20-19/h7-8,10,15H,5-6,9,11-12H2,1-4H3,(H,20,24). The van der Waals surface area contributed by atoms with Crippen molar-refractivity contribution in [2.24, 2.45) is 5.92 Å². The summed E-state index contributed by atoms with van der Waals surface area (Å²) in [6.45, 7) is 6.49. The Hall–Kier alpha value is -2.08. The molecule has 0 saturated carbocycles. The highest BCUT2D eigenvalue weighted by Gasteiger charge is 2.51. The third-order valence-electron chi connectivity index (χ3n) is 5.57. The first-order valence-corrected chi connectivity index (χ1v) is 8.81. The number of rotatable bonds is 4. The van der Waals surface area contributed by atoms with Crippen LogP contribution in [0, 0.1) is 12.8 Å². The van der Waals surface area contributed by atoms with Crippen molar-refractivity contribution in [1.29, 1.82) is 0 Å². The van der Waals surface area contributed by atoms with Crippen molar-refractivity contribution >= 4 is 11.9 Å². The summed E-state index contributed by atoms with van der Waals surface area (Å²) in [5, 5.41) is 2.90. The normalized spacial score (nSPS) is 27.5. The smallest absolute Gasteiger partial charge is 0.324 e. The number of urea groups is 1. The number of carbonyl (C=O) groups is 2. The monoisotopic (exact) mass is 345 g/mol. The minimum atomic E-state index is -0.804. The van der Waals surface area contributed by atoms with Crippen LogP contribution in [0.5, 0.6) is 5.75 Å². The predicted octanol–water partition coefficient (Wildman–Crippen LogP) is 2.16. The number of piperidine rings is 1. The topological polar surface area (TPSA) is 61.9 Å². The summed E-state index contributed by atoms with van der Waals surface area (Å²) in [6.07, 6.45) is 1.96. The van der Waals surface area contributed by atoms with E-state index in [1.54, 1.807) is 14.2 Å². The largest absolute Gasteiger partial charge is 0.496 e. The van der Waals surface area contributed by atoms with Crippen LogP contribution in [0.4, 0.5) is 4.79 Å². The quantitative estimate of drug-likeness (QED) is 0.850. The van der Waals surface area contributed by atoms with E-state index < -0.39 is 5.54 Å². The maximum atomic E-state index is 12.6. The molecule has 6 nitrogen and oxygen atoms in total. The fraction of sp³-hybridized carbons (Fsp3) is 0.579. The molecule has 2 heterocycles. The van der Waals surface area contributed by atoms with E-state index in [4.69, 9.17) is 4.74 Å². The van der Waals surface area contributed by atoms with E-state index in [9.17, 15) is 9.59 Å². The first-order valence-electron chi connectivity index (χ1n) is 8.81. The maximum Gasteiger partial charge on any atom is 0.324 e. The van der Waals surface area contributed by atoms with Crippen LogP contribution in [0.2, 0.25) is 0 Å². The summed E-state index contributed by atoms with van der Waals surface area (Å²) in [5.41, 5.74) is 1.56. The lowest BCUT2D eigenvalue weighted by molar-refractivity contribution is -0.132. The number of likely N-dealkylation sites (N-methyl/N-ethyl adjacent to an activating group) is 1. The van der Waals surface area contributed by atoms with Crippen molar-refractivity contribution in [3.8, 4) is 5.75 Å². The van der Waals surface area contributed by atoms with Gasteiger partial charge in [0.25, 0.3) is 5.91 Å². The summed E-state index contributed by atoms with van der Waals surface area (Å²) in [4.78, 5) is 28.0. The summed E-state index contributed by atoms with van der Waals surface area (Å²) >= 11 is 0. The number of amides is 3. The fourth-order valence-electron chi connectivity index (χ4n) is 4.02. The van der Waals surface area contributed by atoms with Gasteiger partial charge in [-0.05, 0) is 39.3 Å². The van der Waals surface area contributed by atoms with Gasteiger partial charge in [-0.1, -0.05) is 17.7 Å². The van der Waals surface area contributed by atoms with Gasteiger partial charge >= 0.3 is 6.03 Å². The molecule has 2 aliphatic rings. The summed E-state index contributed by atoms with van der Waals surface area (Å²) in [7, 11) is 3.23. The highest BCUT2D eigenvalue weighted by molar-refractivity contribution is 6.06. The van der Waals surface area contributed by atoms with Gasteiger partial charge in [0.15, 0.2) is 0 Å². The van der Waals surface area contributed by atoms with E-state index in [-0.39, 0.29) is 17.9 Å². The zero-order valence-corrected chi connectivity index (χ0v) is 15.5. The molecular formula is C19H27N3O3. The lowest BCUT2D eigenvalue weighted by atomic mass is 9.80. The van der Waals surface area contributed by atoms with Crippen LogP contribution < -0.4 is 10.1 Å². The second-order valence-corrected chi connectivity index (χ2v) is 7.39. The van der Waals surface area contributed by atoms with Crippen LogP contribution in [0.15, 0.2) is 18.2 Å². The lowest BCUT2D eigenvalue weighted by Gasteiger charge is -2.39. The molecule has 0 spiro atoms. The Labute approximate surface area is 149 Å². The molecule has 2 fully saturated rings. The van der Waals surface area contributed by atoms with E-state index in [1.165, 1.54) is 10.5 Å². The molecule has 2 unspecified atom stereocenters. The lowest BCUT2D eigenvalue weighted by Crippen LogP contribution is -2.55. The number of carbonyl (C=O) groups excluding carboxylic acids is 2. The molecule has 6 heteroatoms. The summed E-state index contributed by atoms with van der Waals surface area (Å²) in [5.74, 6) is 0.875. The van der Waals surface area contributed by atoms with Gasteiger partial charge in [0.05, 0.1) is 7.11 Å². The number of likely N-dealkylation sites (tertiary alicyclic amines) is 1. The molecule has 1 N–H and O–H groups in total. The molecular weight excluding hydrogens is 318 g/mol. The third-order valence-corrected chi connectivity index (χ3v) is 5.57. The highest BCUT2D eigenvalue weighted by Crippen LogP contribution is 2.33. The number of benzene rings is 1. The number of nitrogens with one attached hydrogen (secondary N) is 1. The number of ether oxygens (including phenoxy) is 1. The molecule has 25 heavy (non-hydrogen) atoms. The van der Waals surface area contributed by atoms with Gasteiger partial charge in [0, 0.05) is 31.6 Å². The Morgan fingerprint density at radius 1 is 1.36 bits per heavy atom. The van der Waals surface area contributed by atoms with Crippen molar-refractivity contribution in [3.63, 3.8) is 0 Å². The van der Waals surface area contributed by atoms with Crippen molar-refractivity contribution < 1.29 is 14.3 Å². The predicted molar refractivity (Wildman–Crippen MR) is 95.4 cm³/mol. The average molecular weight is 345 g/mol. The van der Waals surface area contributed by atoms with Gasteiger partial charge in [0.1, 0.15) is 11.3 Å². The first-order chi connectivity index (χ1) is 11.8. The van der Waals surface area contributed by atoms with Gasteiger partial charge in [-0.3, -0.25) is 14.6 Å². The molecule has 0 aliphatic carbocycles. The number of hydrogen-bond donors (Lipinski definition) is 1. The van der Waals surface area contributed by atoms with E-state index in [0.717, 1.165) is 43.8 Å². The fourth-order valence-corrected chi connectivity index (χ4v) is 4.02. The number of methoxy groups -OCH3 is 1. The highest BCUT2D eigenvalue weighted by atomic mass is 16.5. The van der Waals surface area contributed by atoms with Crippen LogP contribution in [0.25, 0.3) is 0 Å². The Balaban J connectivity index is 1.75. The van der Waals surface area contributed by atoms with Crippen molar-refractivity contribution in [2.75, 3.05) is 27.2 Å².